The Bertz CT molecular complexity index is 378. The molecular weight excluding hydrogens is 294 g/mol. The minimum absolute atomic E-state index is 0.139. The van der Waals surface area contributed by atoms with Gasteiger partial charge in [0.05, 0.1) is 6.61 Å². The lowest BCUT2D eigenvalue weighted by Gasteiger charge is -2.25. The van der Waals surface area contributed by atoms with Gasteiger partial charge in [-0.05, 0) is 38.1 Å². The molecule has 4 heteroatoms. The number of carbonyl (C=O) groups excluding carboxylic acids is 1. The fourth-order valence-corrected chi connectivity index (χ4v) is 2.15. The molecule has 0 bridgehead atoms. The molecule has 1 aromatic carbocycles. The van der Waals surface area contributed by atoms with E-state index in [1.807, 2.05) is 37.9 Å². The Kier molecular flexibility index (Phi) is 6.36. The number of carbonyl (C=O) groups is 1. The van der Waals surface area contributed by atoms with Crippen LogP contribution in [-0.2, 0) is 16.1 Å². The molecule has 100 valence electrons. The number of halogens is 1. The number of rotatable bonds is 6. The molecule has 1 unspecified atom stereocenters. The van der Waals surface area contributed by atoms with Crippen molar-refractivity contribution in [3.05, 3.63) is 34.3 Å². The molecule has 1 atom stereocenters. The molecular formula is C14H20BrNO2. The van der Waals surface area contributed by atoms with Gasteiger partial charge < -0.3 is 4.74 Å². The fraction of sp³-hybridized carbons (Fsp3) is 0.500. The molecule has 0 fully saturated rings. The Morgan fingerprint density at radius 2 is 1.94 bits per heavy atom. The molecule has 0 amide bonds. The maximum Gasteiger partial charge on any atom is 0.323 e. The quantitative estimate of drug-likeness (QED) is 0.755. The average molecular weight is 314 g/mol. The molecule has 0 aliphatic rings. The van der Waals surface area contributed by atoms with Crippen molar-refractivity contribution in [2.45, 2.75) is 32.9 Å². The van der Waals surface area contributed by atoms with E-state index in [4.69, 9.17) is 4.74 Å². The monoisotopic (exact) mass is 313 g/mol. The Morgan fingerprint density at radius 1 is 1.33 bits per heavy atom. The highest BCUT2D eigenvalue weighted by atomic mass is 79.9. The van der Waals surface area contributed by atoms with Crippen LogP contribution in [0.2, 0.25) is 0 Å². The lowest BCUT2D eigenvalue weighted by atomic mass is 10.1. The molecule has 18 heavy (non-hydrogen) atoms. The van der Waals surface area contributed by atoms with Gasteiger partial charge in [-0.1, -0.05) is 35.0 Å². The van der Waals surface area contributed by atoms with E-state index in [1.165, 1.54) is 5.56 Å². The van der Waals surface area contributed by atoms with Gasteiger partial charge in [0.15, 0.2) is 0 Å². The van der Waals surface area contributed by atoms with Gasteiger partial charge in [0.25, 0.3) is 0 Å². The summed E-state index contributed by atoms with van der Waals surface area (Å²) in [5.74, 6) is -0.139. The number of hydrogen-bond acceptors (Lipinski definition) is 3. The van der Waals surface area contributed by atoms with Gasteiger partial charge in [-0.2, -0.15) is 0 Å². The van der Waals surface area contributed by atoms with Crippen LogP contribution in [0.5, 0.6) is 0 Å². The first-order chi connectivity index (χ1) is 8.58. The molecule has 0 aliphatic heterocycles. The molecule has 0 saturated carbocycles. The van der Waals surface area contributed by atoms with Crippen LogP contribution in [0.4, 0.5) is 0 Å². The van der Waals surface area contributed by atoms with E-state index in [9.17, 15) is 4.79 Å². The summed E-state index contributed by atoms with van der Waals surface area (Å²) < 4.78 is 6.15. The summed E-state index contributed by atoms with van der Waals surface area (Å²) >= 11 is 3.41. The Labute approximate surface area is 117 Å². The Hall–Kier alpha value is -0.870. The van der Waals surface area contributed by atoms with Gasteiger partial charge in [0.1, 0.15) is 6.04 Å². The Balaban J connectivity index is 2.64. The second-order valence-corrected chi connectivity index (χ2v) is 5.13. The van der Waals surface area contributed by atoms with E-state index in [0.717, 1.165) is 17.4 Å². The summed E-state index contributed by atoms with van der Waals surface area (Å²) in [6.45, 7) is 5.01. The maximum absolute atomic E-state index is 11.8. The number of hydrogen-bond donors (Lipinski definition) is 0. The molecule has 0 aliphatic carbocycles. The summed E-state index contributed by atoms with van der Waals surface area (Å²) in [6.07, 6.45) is 0.756. The third-order valence-electron chi connectivity index (χ3n) is 2.82. The zero-order chi connectivity index (χ0) is 13.5. The van der Waals surface area contributed by atoms with Crippen molar-refractivity contribution >= 4 is 21.9 Å². The normalized spacial score (nSPS) is 12.5. The van der Waals surface area contributed by atoms with Gasteiger partial charge in [-0.15, -0.1) is 0 Å². The van der Waals surface area contributed by atoms with Crippen molar-refractivity contribution in [3.8, 4) is 0 Å². The predicted molar refractivity (Wildman–Crippen MR) is 76.3 cm³/mol. The van der Waals surface area contributed by atoms with E-state index in [2.05, 4.69) is 28.1 Å². The molecule has 0 aromatic heterocycles. The first kappa shape index (κ1) is 15.2. The van der Waals surface area contributed by atoms with Gasteiger partial charge in [0.2, 0.25) is 0 Å². The summed E-state index contributed by atoms with van der Waals surface area (Å²) in [6, 6.07) is 7.95. The third-order valence-corrected chi connectivity index (χ3v) is 3.35. The fourth-order valence-electron chi connectivity index (χ4n) is 1.88. The van der Waals surface area contributed by atoms with Crippen LogP contribution in [0, 0.1) is 0 Å². The van der Waals surface area contributed by atoms with E-state index in [0.29, 0.717) is 6.61 Å². The van der Waals surface area contributed by atoms with Crippen LogP contribution < -0.4 is 0 Å². The van der Waals surface area contributed by atoms with Crippen molar-refractivity contribution in [1.29, 1.82) is 0 Å². The molecule has 0 saturated heterocycles. The topological polar surface area (TPSA) is 29.5 Å². The molecule has 1 rings (SSSR count). The predicted octanol–water partition coefficient (Wildman–Crippen LogP) is 3.22. The lowest BCUT2D eigenvalue weighted by molar-refractivity contribution is -0.149. The highest BCUT2D eigenvalue weighted by Gasteiger charge is 2.22. The number of nitrogens with zero attached hydrogens (tertiary/aromatic N) is 1. The Morgan fingerprint density at radius 3 is 2.44 bits per heavy atom. The summed E-state index contributed by atoms with van der Waals surface area (Å²) in [5.41, 5.74) is 1.18. The minimum atomic E-state index is -0.173. The van der Waals surface area contributed by atoms with Gasteiger partial charge in [-0.25, -0.2) is 0 Å². The SMILES string of the molecule is CCOC(=O)C(CC)N(C)Cc1ccc(Br)cc1. The van der Waals surface area contributed by atoms with E-state index in [-0.39, 0.29) is 12.0 Å². The molecule has 1 aromatic rings. The van der Waals surface area contributed by atoms with E-state index < -0.39 is 0 Å². The largest absolute Gasteiger partial charge is 0.465 e. The maximum atomic E-state index is 11.8. The third kappa shape index (κ3) is 4.42. The van der Waals surface area contributed by atoms with Crippen molar-refractivity contribution in [3.63, 3.8) is 0 Å². The smallest absolute Gasteiger partial charge is 0.323 e. The van der Waals surface area contributed by atoms with Crippen molar-refractivity contribution in [2.75, 3.05) is 13.7 Å². The van der Waals surface area contributed by atoms with Crippen molar-refractivity contribution < 1.29 is 9.53 Å². The summed E-state index contributed by atoms with van der Waals surface area (Å²) in [5, 5.41) is 0. The average Bonchev–Trinajstić information content (AvgIpc) is 2.33. The lowest BCUT2D eigenvalue weighted by Crippen LogP contribution is -2.38. The standard InChI is InChI=1S/C14H20BrNO2/c1-4-13(14(17)18-5-2)16(3)10-11-6-8-12(15)9-7-11/h6-9,13H,4-5,10H2,1-3H3. The highest BCUT2D eigenvalue weighted by Crippen LogP contribution is 2.14. The van der Waals surface area contributed by atoms with Crippen LogP contribution in [0.3, 0.4) is 0 Å². The zero-order valence-electron chi connectivity index (χ0n) is 11.1. The number of esters is 1. The summed E-state index contributed by atoms with van der Waals surface area (Å²) in [4.78, 5) is 13.8. The minimum Gasteiger partial charge on any atom is -0.465 e. The molecule has 0 heterocycles. The van der Waals surface area contributed by atoms with Gasteiger partial charge in [0, 0.05) is 11.0 Å². The van der Waals surface area contributed by atoms with E-state index in [1.54, 1.807) is 0 Å². The number of benzene rings is 1. The first-order valence-corrected chi connectivity index (χ1v) is 6.99. The van der Waals surface area contributed by atoms with Crippen molar-refractivity contribution in [2.24, 2.45) is 0 Å². The summed E-state index contributed by atoms with van der Waals surface area (Å²) in [7, 11) is 1.95. The number of ether oxygens (including phenoxy) is 1. The highest BCUT2D eigenvalue weighted by molar-refractivity contribution is 9.10. The second-order valence-electron chi connectivity index (χ2n) is 4.22. The second kappa shape index (κ2) is 7.54. The van der Waals surface area contributed by atoms with Crippen LogP contribution in [0.15, 0.2) is 28.7 Å². The van der Waals surface area contributed by atoms with Crippen molar-refractivity contribution in [1.82, 2.24) is 4.90 Å². The van der Waals surface area contributed by atoms with Crippen LogP contribution >= 0.6 is 15.9 Å². The van der Waals surface area contributed by atoms with Crippen LogP contribution in [-0.4, -0.2) is 30.6 Å². The molecule has 0 N–H and O–H groups in total. The van der Waals surface area contributed by atoms with Crippen LogP contribution in [0.1, 0.15) is 25.8 Å². The van der Waals surface area contributed by atoms with Gasteiger partial charge in [-0.3, -0.25) is 9.69 Å². The first-order valence-electron chi connectivity index (χ1n) is 6.19. The molecule has 0 spiro atoms. The molecule has 3 nitrogen and oxygen atoms in total. The number of likely N-dealkylation sites (N-methyl/N-ethyl adjacent to an activating group) is 1. The zero-order valence-corrected chi connectivity index (χ0v) is 12.7. The molecule has 0 radical (unpaired) electrons. The van der Waals surface area contributed by atoms with Gasteiger partial charge >= 0.3 is 5.97 Å². The van der Waals surface area contributed by atoms with E-state index >= 15 is 0 Å². The van der Waals surface area contributed by atoms with Crippen LogP contribution in [0.25, 0.3) is 0 Å².